The second kappa shape index (κ2) is 11.4. The Hall–Kier alpha value is -2.94. The minimum atomic E-state index is -0.935. The van der Waals surface area contributed by atoms with Gasteiger partial charge in [-0.15, -0.1) is 0 Å². The third kappa shape index (κ3) is 6.03. The molecule has 3 amide bonds. The molecule has 1 aromatic rings. The molecule has 38 heavy (non-hydrogen) atoms. The Morgan fingerprint density at radius 2 is 1.61 bits per heavy atom. The van der Waals surface area contributed by atoms with Crippen molar-refractivity contribution in [3.05, 3.63) is 35.9 Å². The Balaban J connectivity index is 1.51. The number of hydrogen-bond donors (Lipinski definition) is 0. The smallest absolute Gasteiger partial charge is 0.309 e. The molecule has 3 heterocycles. The van der Waals surface area contributed by atoms with E-state index in [-0.39, 0.29) is 41.6 Å². The maximum atomic E-state index is 13.9. The minimum Gasteiger partial charge on any atom is -0.466 e. The number of carbonyl (C=O) groups excluding carboxylic acids is 4. The van der Waals surface area contributed by atoms with E-state index in [0.717, 1.165) is 0 Å². The summed E-state index contributed by atoms with van der Waals surface area (Å²) in [6, 6.07) is 8.22. The van der Waals surface area contributed by atoms with Crippen LogP contribution in [0.2, 0.25) is 0 Å². The number of hydrogen-bond acceptors (Lipinski definition) is 6. The number of amides is 3. The van der Waals surface area contributed by atoms with Crippen molar-refractivity contribution in [2.75, 3.05) is 39.4 Å². The highest BCUT2D eigenvalue weighted by Crippen LogP contribution is 2.39. The van der Waals surface area contributed by atoms with E-state index in [9.17, 15) is 19.2 Å². The predicted molar refractivity (Wildman–Crippen MR) is 141 cm³/mol. The molecule has 1 spiro atoms. The van der Waals surface area contributed by atoms with Crippen LogP contribution in [0.15, 0.2) is 30.3 Å². The van der Waals surface area contributed by atoms with Gasteiger partial charge in [-0.2, -0.15) is 0 Å². The fourth-order valence-electron chi connectivity index (χ4n) is 5.75. The van der Waals surface area contributed by atoms with E-state index >= 15 is 0 Å². The minimum absolute atomic E-state index is 0.100. The second-order valence-corrected chi connectivity index (χ2v) is 11.8. The molecule has 0 aliphatic carbocycles. The van der Waals surface area contributed by atoms with Crippen LogP contribution in [0.1, 0.15) is 70.2 Å². The lowest BCUT2D eigenvalue weighted by atomic mass is 9.90. The molecule has 0 unspecified atom stereocenters. The van der Waals surface area contributed by atoms with E-state index < -0.39 is 11.8 Å². The van der Waals surface area contributed by atoms with Crippen molar-refractivity contribution >= 4 is 23.7 Å². The van der Waals surface area contributed by atoms with Gasteiger partial charge >= 0.3 is 5.97 Å². The standard InChI is InChI=1S/C29H41N3O6/c1-5-37-27(36)22-11-15-31(16-12-22)26(35)23-20-38-29(32(23)25(34)21-9-7-6-8-10-21)13-17-30(18-14-29)24(33)19-28(2,3)4/h6-10,22-23H,5,11-20H2,1-4H3/t23-/m0/s1. The fraction of sp³-hybridized carbons (Fsp3) is 0.655. The maximum Gasteiger partial charge on any atom is 0.309 e. The number of likely N-dealkylation sites (tertiary alicyclic amines) is 2. The first kappa shape index (κ1) is 28.1. The van der Waals surface area contributed by atoms with Crippen molar-refractivity contribution in [3.8, 4) is 0 Å². The zero-order chi connectivity index (χ0) is 27.5. The van der Waals surface area contributed by atoms with Gasteiger partial charge in [0.2, 0.25) is 11.8 Å². The average Bonchev–Trinajstić information content (AvgIpc) is 3.26. The van der Waals surface area contributed by atoms with Gasteiger partial charge in [0.25, 0.3) is 5.91 Å². The van der Waals surface area contributed by atoms with Crippen LogP contribution >= 0.6 is 0 Å². The summed E-state index contributed by atoms with van der Waals surface area (Å²) < 4.78 is 11.5. The van der Waals surface area contributed by atoms with Crippen LogP contribution in [-0.2, 0) is 23.9 Å². The Labute approximate surface area is 225 Å². The number of rotatable bonds is 5. The molecule has 3 aliphatic heterocycles. The van der Waals surface area contributed by atoms with Crippen LogP contribution < -0.4 is 0 Å². The van der Waals surface area contributed by atoms with Crippen molar-refractivity contribution in [2.45, 2.75) is 71.6 Å². The van der Waals surface area contributed by atoms with E-state index in [0.29, 0.717) is 70.5 Å². The fourth-order valence-corrected chi connectivity index (χ4v) is 5.75. The van der Waals surface area contributed by atoms with Crippen molar-refractivity contribution in [1.29, 1.82) is 0 Å². The average molecular weight is 528 g/mol. The van der Waals surface area contributed by atoms with E-state index in [1.807, 2.05) is 43.9 Å². The molecule has 1 atom stereocenters. The van der Waals surface area contributed by atoms with Crippen molar-refractivity contribution < 1.29 is 28.7 Å². The molecule has 0 radical (unpaired) electrons. The van der Waals surface area contributed by atoms with Gasteiger partial charge in [0.1, 0.15) is 11.8 Å². The first-order valence-corrected chi connectivity index (χ1v) is 13.8. The molecule has 1 aromatic carbocycles. The number of carbonyl (C=O) groups is 4. The third-order valence-corrected chi connectivity index (χ3v) is 7.79. The summed E-state index contributed by atoms with van der Waals surface area (Å²) in [5.41, 5.74) is -0.541. The Kier molecular flexibility index (Phi) is 8.45. The lowest BCUT2D eigenvalue weighted by Gasteiger charge is -2.45. The number of esters is 1. The number of ether oxygens (including phenoxy) is 2. The second-order valence-electron chi connectivity index (χ2n) is 11.8. The molecule has 0 saturated carbocycles. The summed E-state index contributed by atoms with van der Waals surface area (Å²) in [4.78, 5) is 57.9. The van der Waals surface area contributed by atoms with E-state index in [1.165, 1.54) is 0 Å². The van der Waals surface area contributed by atoms with Gasteiger partial charge in [0.15, 0.2) is 0 Å². The highest BCUT2D eigenvalue weighted by Gasteiger charge is 2.55. The SMILES string of the molecule is CCOC(=O)C1CCN(C(=O)[C@@H]2COC3(CCN(C(=O)CC(C)(C)C)CC3)N2C(=O)c2ccccc2)CC1. The first-order chi connectivity index (χ1) is 18.0. The summed E-state index contributed by atoms with van der Waals surface area (Å²) in [5.74, 6) is -0.709. The van der Waals surface area contributed by atoms with Gasteiger partial charge in [0, 0.05) is 51.0 Å². The van der Waals surface area contributed by atoms with Crippen LogP contribution in [0.3, 0.4) is 0 Å². The Morgan fingerprint density at radius 1 is 0.974 bits per heavy atom. The molecular weight excluding hydrogens is 486 g/mol. The number of benzene rings is 1. The van der Waals surface area contributed by atoms with Crippen molar-refractivity contribution in [3.63, 3.8) is 0 Å². The van der Waals surface area contributed by atoms with Crippen LogP contribution in [0, 0.1) is 11.3 Å². The molecule has 3 aliphatic rings. The lowest BCUT2D eigenvalue weighted by Crippen LogP contribution is -2.60. The third-order valence-electron chi connectivity index (χ3n) is 7.79. The monoisotopic (exact) mass is 527 g/mol. The molecular formula is C29H41N3O6. The first-order valence-electron chi connectivity index (χ1n) is 13.8. The molecule has 3 saturated heterocycles. The maximum absolute atomic E-state index is 13.9. The van der Waals surface area contributed by atoms with Crippen molar-refractivity contribution in [1.82, 2.24) is 14.7 Å². The van der Waals surface area contributed by atoms with Gasteiger partial charge in [-0.05, 0) is 37.3 Å². The lowest BCUT2D eigenvalue weighted by molar-refractivity contribution is -0.152. The Morgan fingerprint density at radius 3 is 2.18 bits per heavy atom. The van der Waals surface area contributed by atoms with Gasteiger partial charge in [-0.3, -0.25) is 24.1 Å². The van der Waals surface area contributed by atoms with Crippen molar-refractivity contribution in [2.24, 2.45) is 11.3 Å². The largest absolute Gasteiger partial charge is 0.466 e. The highest BCUT2D eigenvalue weighted by atomic mass is 16.5. The van der Waals surface area contributed by atoms with Gasteiger partial charge in [0.05, 0.1) is 19.1 Å². The number of piperidine rings is 2. The van der Waals surface area contributed by atoms with E-state index in [1.54, 1.807) is 28.9 Å². The summed E-state index contributed by atoms with van der Waals surface area (Å²) >= 11 is 0. The molecule has 208 valence electrons. The zero-order valence-electron chi connectivity index (χ0n) is 23.1. The quantitative estimate of drug-likeness (QED) is 0.546. The summed E-state index contributed by atoms with van der Waals surface area (Å²) in [6.45, 7) is 10.2. The van der Waals surface area contributed by atoms with Crippen LogP contribution in [0.5, 0.6) is 0 Å². The van der Waals surface area contributed by atoms with Crippen LogP contribution in [0.4, 0.5) is 0 Å². The molecule has 9 heteroatoms. The summed E-state index contributed by atoms with van der Waals surface area (Å²) in [6.07, 6.45) is 2.45. The zero-order valence-corrected chi connectivity index (χ0v) is 23.1. The molecule has 0 bridgehead atoms. The highest BCUT2D eigenvalue weighted by molar-refractivity contribution is 5.98. The van der Waals surface area contributed by atoms with E-state index in [2.05, 4.69) is 0 Å². The Bertz CT molecular complexity index is 1020. The normalized spacial score (nSPS) is 22.0. The summed E-state index contributed by atoms with van der Waals surface area (Å²) in [7, 11) is 0. The van der Waals surface area contributed by atoms with Crippen LogP contribution in [-0.4, -0.2) is 89.6 Å². The van der Waals surface area contributed by atoms with Crippen LogP contribution in [0.25, 0.3) is 0 Å². The number of nitrogens with zero attached hydrogens (tertiary/aromatic N) is 3. The van der Waals surface area contributed by atoms with Gasteiger partial charge < -0.3 is 19.3 Å². The molecule has 0 aromatic heterocycles. The van der Waals surface area contributed by atoms with E-state index in [4.69, 9.17) is 9.47 Å². The van der Waals surface area contributed by atoms with Gasteiger partial charge in [-0.25, -0.2) is 0 Å². The predicted octanol–water partition coefficient (Wildman–Crippen LogP) is 3.08. The molecule has 9 nitrogen and oxygen atoms in total. The molecule has 3 fully saturated rings. The van der Waals surface area contributed by atoms with Gasteiger partial charge in [-0.1, -0.05) is 39.0 Å². The molecule has 4 rings (SSSR count). The topological polar surface area (TPSA) is 96.5 Å². The summed E-state index contributed by atoms with van der Waals surface area (Å²) in [5, 5.41) is 0. The molecule has 0 N–H and O–H groups in total.